The van der Waals surface area contributed by atoms with E-state index in [0.29, 0.717) is 0 Å². The number of esters is 1. The van der Waals surface area contributed by atoms with Gasteiger partial charge in [-0.2, -0.15) is 4.31 Å². The Kier molecular flexibility index (Phi) is 3.73. The molecule has 0 fully saturated rings. The van der Waals surface area contributed by atoms with E-state index in [-0.39, 0.29) is 23.9 Å². The molecular formula is C13H15NO4S. The van der Waals surface area contributed by atoms with Gasteiger partial charge in [0.1, 0.15) is 6.54 Å². The maximum absolute atomic E-state index is 12.4. The molecule has 1 heterocycles. The lowest BCUT2D eigenvalue weighted by Crippen LogP contribution is -2.42. The number of rotatable bonds is 3. The molecule has 6 heteroatoms. The molecule has 1 aliphatic heterocycles. The van der Waals surface area contributed by atoms with E-state index >= 15 is 0 Å². The third-order valence-corrected chi connectivity index (χ3v) is 5.04. The summed E-state index contributed by atoms with van der Waals surface area (Å²) in [5.74, 6) is -0.699. The minimum atomic E-state index is -3.65. The highest BCUT2D eigenvalue weighted by Gasteiger charge is 2.36. The first-order chi connectivity index (χ1) is 9.00. The highest BCUT2D eigenvalue weighted by molar-refractivity contribution is 7.89. The molecule has 19 heavy (non-hydrogen) atoms. The van der Waals surface area contributed by atoms with Crippen molar-refractivity contribution in [1.29, 1.82) is 0 Å². The number of carbonyl (C=O) groups is 1. The number of fused-ring (bicyclic) bond motifs is 1. The zero-order chi connectivity index (χ0) is 14.0. The molecule has 0 saturated carbocycles. The van der Waals surface area contributed by atoms with E-state index in [9.17, 15) is 13.2 Å². The zero-order valence-electron chi connectivity index (χ0n) is 10.6. The van der Waals surface area contributed by atoms with Crippen LogP contribution in [0.5, 0.6) is 0 Å². The summed E-state index contributed by atoms with van der Waals surface area (Å²) in [6, 6.07) is 6.78. The zero-order valence-corrected chi connectivity index (χ0v) is 11.4. The average Bonchev–Trinajstić information content (AvgIpc) is 2.42. The third kappa shape index (κ3) is 2.41. The first kappa shape index (κ1) is 13.8. The quantitative estimate of drug-likeness (QED) is 0.615. The number of sulfonamides is 1. The lowest BCUT2D eigenvalue weighted by Gasteiger charge is -2.31. The molecular weight excluding hydrogens is 266 g/mol. The smallest absolute Gasteiger partial charge is 0.321 e. The third-order valence-electron chi connectivity index (χ3n) is 3.15. The van der Waals surface area contributed by atoms with E-state index in [1.165, 1.54) is 7.11 Å². The van der Waals surface area contributed by atoms with Crippen LogP contribution in [-0.4, -0.2) is 38.9 Å². The van der Waals surface area contributed by atoms with Crippen molar-refractivity contribution in [2.75, 3.05) is 20.2 Å². The maximum Gasteiger partial charge on any atom is 0.321 e. The molecule has 1 aromatic carbocycles. The van der Waals surface area contributed by atoms with Crippen molar-refractivity contribution in [3.63, 3.8) is 0 Å². The average molecular weight is 281 g/mol. The van der Waals surface area contributed by atoms with Crippen LogP contribution in [0, 0.1) is 0 Å². The van der Waals surface area contributed by atoms with Crippen LogP contribution >= 0.6 is 0 Å². The van der Waals surface area contributed by atoms with Crippen LogP contribution in [-0.2, 0) is 19.6 Å². The van der Waals surface area contributed by atoms with E-state index in [2.05, 4.69) is 11.3 Å². The molecule has 0 aromatic heterocycles. The summed E-state index contributed by atoms with van der Waals surface area (Å²) >= 11 is 0. The molecule has 1 atom stereocenters. The van der Waals surface area contributed by atoms with E-state index in [1.54, 1.807) is 30.3 Å². The predicted octanol–water partition coefficient (Wildman–Crippen LogP) is 1.13. The van der Waals surface area contributed by atoms with Crippen LogP contribution in [0.2, 0.25) is 0 Å². The summed E-state index contributed by atoms with van der Waals surface area (Å²) in [4.78, 5) is 11.6. The van der Waals surface area contributed by atoms with Gasteiger partial charge in [-0.15, -0.1) is 6.58 Å². The highest BCUT2D eigenvalue weighted by atomic mass is 32.2. The maximum atomic E-state index is 12.4. The molecule has 2 rings (SSSR count). The number of benzene rings is 1. The summed E-state index contributed by atoms with van der Waals surface area (Å²) in [5, 5.41) is 0. The summed E-state index contributed by atoms with van der Waals surface area (Å²) in [7, 11) is -2.41. The molecule has 5 nitrogen and oxygen atoms in total. The van der Waals surface area contributed by atoms with E-state index in [4.69, 9.17) is 0 Å². The standard InChI is InChI=1S/C13H15NO4S/c1-3-10-8-14(9-13(15)18-2)19(16,17)12-7-5-4-6-11(10)12/h3-7,10H,1,8-9H2,2H3/t10-/m0/s1. The fourth-order valence-corrected chi connectivity index (χ4v) is 3.81. The lowest BCUT2D eigenvalue weighted by molar-refractivity contribution is -0.140. The number of carbonyl (C=O) groups excluding carboxylic acids is 1. The fraction of sp³-hybridized carbons (Fsp3) is 0.308. The van der Waals surface area contributed by atoms with Crippen LogP contribution < -0.4 is 0 Å². The second-order valence-corrected chi connectivity index (χ2v) is 6.16. The molecule has 0 unspecified atom stereocenters. The van der Waals surface area contributed by atoms with Gasteiger partial charge in [0.25, 0.3) is 0 Å². The number of methoxy groups -OCH3 is 1. The number of ether oxygens (including phenoxy) is 1. The minimum absolute atomic E-state index is 0.121. The Labute approximate surface area is 112 Å². The van der Waals surface area contributed by atoms with Gasteiger partial charge < -0.3 is 4.74 Å². The normalized spacial score (nSPS) is 21.4. The number of hydrogen-bond donors (Lipinski definition) is 0. The van der Waals surface area contributed by atoms with Crippen molar-refractivity contribution in [2.45, 2.75) is 10.8 Å². The van der Waals surface area contributed by atoms with Crippen molar-refractivity contribution in [2.24, 2.45) is 0 Å². The van der Waals surface area contributed by atoms with E-state index < -0.39 is 16.0 Å². The van der Waals surface area contributed by atoms with Gasteiger partial charge in [0.15, 0.2) is 0 Å². The Morgan fingerprint density at radius 1 is 1.53 bits per heavy atom. The van der Waals surface area contributed by atoms with Crippen LogP contribution in [0.4, 0.5) is 0 Å². The molecule has 1 aliphatic rings. The van der Waals surface area contributed by atoms with Gasteiger partial charge in [0.2, 0.25) is 10.0 Å². The predicted molar refractivity (Wildman–Crippen MR) is 70.2 cm³/mol. The number of hydrogen-bond acceptors (Lipinski definition) is 4. The van der Waals surface area contributed by atoms with Gasteiger partial charge in [-0.05, 0) is 11.6 Å². The van der Waals surface area contributed by atoms with Gasteiger partial charge in [0, 0.05) is 12.5 Å². The van der Waals surface area contributed by atoms with Crippen LogP contribution in [0.3, 0.4) is 0 Å². The Bertz CT molecular complexity index is 609. The first-order valence-corrected chi connectivity index (χ1v) is 7.23. The first-order valence-electron chi connectivity index (χ1n) is 5.79. The Morgan fingerprint density at radius 3 is 2.84 bits per heavy atom. The second-order valence-electron chi connectivity index (χ2n) is 4.25. The van der Waals surface area contributed by atoms with Gasteiger partial charge in [-0.1, -0.05) is 24.3 Å². The Morgan fingerprint density at radius 2 is 2.21 bits per heavy atom. The van der Waals surface area contributed by atoms with Crippen molar-refractivity contribution in [3.05, 3.63) is 42.5 Å². The summed E-state index contributed by atoms with van der Waals surface area (Å²) in [6.45, 7) is 3.65. The second kappa shape index (κ2) is 5.14. The van der Waals surface area contributed by atoms with Gasteiger partial charge in [-0.25, -0.2) is 8.42 Å². The van der Waals surface area contributed by atoms with Crippen LogP contribution in [0.1, 0.15) is 11.5 Å². The Hall–Kier alpha value is -1.66. The molecule has 0 spiro atoms. The van der Waals surface area contributed by atoms with Crippen molar-refractivity contribution in [1.82, 2.24) is 4.31 Å². The molecule has 0 saturated heterocycles. The Balaban J connectivity index is 2.47. The van der Waals surface area contributed by atoms with Crippen LogP contribution in [0.15, 0.2) is 41.8 Å². The topological polar surface area (TPSA) is 63.7 Å². The lowest BCUT2D eigenvalue weighted by atomic mass is 9.99. The van der Waals surface area contributed by atoms with Gasteiger partial charge >= 0.3 is 5.97 Å². The van der Waals surface area contributed by atoms with Crippen LogP contribution in [0.25, 0.3) is 0 Å². The summed E-state index contributed by atoms with van der Waals surface area (Å²) < 4.78 is 30.5. The SMILES string of the molecule is C=C[C@H]1CN(CC(=O)OC)S(=O)(=O)c2ccccc21. The summed E-state index contributed by atoms with van der Waals surface area (Å²) in [5.41, 5.74) is 0.721. The van der Waals surface area contributed by atoms with Crippen molar-refractivity contribution >= 4 is 16.0 Å². The van der Waals surface area contributed by atoms with Gasteiger partial charge in [0.05, 0.1) is 12.0 Å². The van der Waals surface area contributed by atoms with Crippen molar-refractivity contribution < 1.29 is 17.9 Å². The highest BCUT2D eigenvalue weighted by Crippen LogP contribution is 2.33. The van der Waals surface area contributed by atoms with E-state index in [0.717, 1.165) is 9.87 Å². The molecule has 0 N–H and O–H groups in total. The molecule has 0 aliphatic carbocycles. The van der Waals surface area contributed by atoms with Crippen molar-refractivity contribution in [3.8, 4) is 0 Å². The summed E-state index contributed by atoms with van der Waals surface area (Å²) in [6.07, 6.45) is 1.69. The minimum Gasteiger partial charge on any atom is -0.468 e. The number of nitrogens with zero attached hydrogens (tertiary/aromatic N) is 1. The molecule has 1 aromatic rings. The monoisotopic (exact) mass is 281 g/mol. The van der Waals surface area contributed by atoms with Gasteiger partial charge in [-0.3, -0.25) is 4.79 Å². The molecule has 102 valence electrons. The largest absolute Gasteiger partial charge is 0.468 e. The molecule has 0 radical (unpaired) electrons. The fourth-order valence-electron chi connectivity index (χ4n) is 2.14. The molecule has 0 bridgehead atoms. The van der Waals surface area contributed by atoms with E-state index in [1.807, 2.05) is 0 Å². The molecule has 0 amide bonds.